The van der Waals surface area contributed by atoms with Crippen LogP contribution in [0.4, 0.5) is 13.2 Å². The lowest BCUT2D eigenvalue weighted by molar-refractivity contribution is -0.154. The molecule has 6 heteroatoms. The van der Waals surface area contributed by atoms with Crippen LogP contribution in [-0.4, -0.2) is 22.9 Å². The molecule has 96 valence electrons. The minimum Gasteiger partial charge on any atom is -0.468 e. The summed E-state index contributed by atoms with van der Waals surface area (Å²) in [6.45, 7) is 3.46. The van der Waals surface area contributed by atoms with E-state index in [1.54, 1.807) is 20.8 Å². The first-order valence-electron chi connectivity index (χ1n) is 4.98. The second-order valence-electron chi connectivity index (χ2n) is 4.30. The number of halogens is 3. The number of pyridine rings is 1. The molecule has 0 saturated carbocycles. The van der Waals surface area contributed by atoms with E-state index in [2.05, 4.69) is 9.72 Å². The third kappa shape index (κ3) is 4.22. The lowest BCUT2D eigenvalue weighted by atomic mass is 9.96. The summed E-state index contributed by atoms with van der Waals surface area (Å²) in [6.07, 6.45) is -3.06. The molecule has 1 heterocycles. The average Bonchev–Trinajstić information content (AvgIpc) is 2.11. The van der Waals surface area contributed by atoms with Gasteiger partial charge in [0.15, 0.2) is 6.61 Å². The molecule has 17 heavy (non-hydrogen) atoms. The molecule has 3 nitrogen and oxygen atoms in total. The summed E-state index contributed by atoms with van der Waals surface area (Å²) in [6, 6.07) is 1.37. The Balaban J connectivity index is 2.83. The third-order valence-corrected chi connectivity index (χ3v) is 2.13. The number of alkyl halides is 3. The monoisotopic (exact) mass is 249 g/mol. The number of aromatic nitrogens is 1. The van der Waals surface area contributed by atoms with Crippen molar-refractivity contribution in [1.29, 1.82) is 0 Å². The van der Waals surface area contributed by atoms with Gasteiger partial charge in [-0.25, -0.2) is 4.98 Å². The van der Waals surface area contributed by atoms with Crippen molar-refractivity contribution < 1.29 is 23.0 Å². The first-order valence-corrected chi connectivity index (χ1v) is 4.98. The van der Waals surface area contributed by atoms with Gasteiger partial charge in [0, 0.05) is 17.8 Å². The summed E-state index contributed by atoms with van der Waals surface area (Å²) in [5.41, 5.74) is 0.0983. The highest BCUT2D eigenvalue weighted by Gasteiger charge is 2.29. The van der Waals surface area contributed by atoms with Gasteiger partial charge in [-0.15, -0.1) is 0 Å². The van der Waals surface area contributed by atoms with Crippen LogP contribution in [0, 0.1) is 6.92 Å². The molecule has 1 aromatic rings. The molecular formula is C11H14F3NO2. The molecular weight excluding hydrogens is 235 g/mol. The molecule has 1 rings (SSSR count). The standard InChI is InChI=1S/C11H14F3NO2/c1-7-4-9(17-6-11(12,13)14)15-5-8(7)10(2,3)16/h4-5,16H,6H2,1-3H3. The van der Waals surface area contributed by atoms with E-state index in [0.717, 1.165) is 0 Å². The van der Waals surface area contributed by atoms with Gasteiger partial charge in [0.2, 0.25) is 5.88 Å². The Morgan fingerprint density at radius 2 is 1.94 bits per heavy atom. The molecule has 0 aliphatic carbocycles. The lowest BCUT2D eigenvalue weighted by Crippen LogP contribution is -2.21. The fourth-order valence-electron chi connectivity index (χ4n) is 1.41. The van der Waals surface area contributed by atoms with Crippen molar-refractivity contribution in [3.63, 3.8) is 0 Å². The molecule has 0 bridgehead atoms. The Labute approximate surface area is 97.2 Å². The van der Waals surface area contributed by atoms with Crippen molar-refractivity contribution in [1.82, 2.24) is 4.98 Å². The van der Waals surface area contributed by atoms with E-state index in [0.29, 0.717) is 11.1 Å². The van der Waals surface area contributed by atoms with Crippen molar-refractivity contribution in [3.8, 4) is 5.88 Å². The number of hydrogen-bond acceptors (Lipinski definition) is 3. The first-order chi connectivity index (χ1) is 7.59. The van der Waals surface area contributed by atoms with Crippen molar-refractivity contribution in [2.45, 2.75) is 32.5 Å². The van der Waals surface area contributed by atoms with Gasteiger partial charge in [0.1, 0.15) is 0 Å². The van der Waals surface area contributed by atoms with E-state index in [9.17, 15) is 18.3 Å². The van der Waals surface area contributed by atoms with Crippen LogP contribution in [0.1, 0.15) is 25.0 Å². The second kappa shape index (κ2) is 4.52. The number of aryl methyl sites for hydroxylation is 1. The summed E-state index contributed by atoms with van der Waals surface area (Å²) < 4.78 is 40.3. The molecule has 1 aromatic heterocycles. The van der Waals surface area contributed by atoms with E-state index < -0.39 is 18.4 Å². The molecule has 0 radical (unpaired) electrons. The summed E-state index contributed by atoms with van der Waals surface area (Å²) in [4.78, 5) is 3.73. The van der Waals surface area contributed by atoms with Gasteiger partial charge in [-0.05, 0) is 26.3 Å². The molecule has 0 unspecified atom stereocenters. The Morgan fingerprint density at radius 3 is 2.35 bits per heavy atom. The van der Waals surface area contributed by atoms with Crippen LogP contribution in [0.2, 0.25) is 0 Å². The van der Waals surface area contributed by atoms with Gasteiger partial charge in [-0.2, -0.15) is 13.2 Å². The highest BCUT2D eigenvalue weighted by atomic mass is 19.4. The minimum atomic E-state index is -4.38. The van der Waals surface area contributed by atoms with E-state index in [4.69, 9.17) is 0 Å². The van der Waals surface area contributed by atoms with E-state index >= 15 is 0 Å². The van der Waals surface area contributed by atoms with Crippen LogP contribution < -0.4 is 4.74 Å². The van der Waals surface area contributed by atoms with E-state index in [-0.39, 0.29) is 5.88 Å². The molecule has 0 amide bonds. The van der Waals surface area contributed by atoms with Crippen molar-refractivity contribution in [2.75, 3.05) is 6.61 Å². The van der Waals surface area contributed by atoms with Gasteiger partial charge in [0.05, 0.1) is 5.60 Å². The highest BCUT2D eigenvalue weighted by molar-refractivity contribution is 5.31. The van der Waals surface area contributed by atoms with Gasteiger partial charge >= 0.3 is 6.18 Å². The Hall–Kier alpha value is -1.30. The van der Waals surface area contributed by atoms with Gasteiger partial charge in [0.25, 0.3) is 0 Å². The maximum atomic E-state index is 11.9. The first kappa shape index (κ1) is 13.8. The van der Waals surface area contributed by atoms with E-state index in [1.165, 1.54) is 12.3 Å². The van der Waals surface area contributed by atoms with Gasteiger partial charge in [-0.3, -0.25) is 0 Å². The molecule has 0 spiro atoms. The van der Waals surface area contributed by atoms with Crippen LogP contribution >= 0.6 is 0 Å². The second-order valence-corrected chi connectivity index (χ2v) is 4.30. The van der Waals surface area contributed by atoms with Crippen molar-refractivity contribution in [3.05, 3.63) is 23.4 Å². The zero-order valence-corrected chi connectivity index (χ0v) is 9.80. The third-order valence-electron chi connectivity index (χ3n) is 2.13. The number of ether oxygens (including phenoxy) is 1. The summed E-state index contributed by atoms with van der Waals surface area (Å²) in [5, 5.41) is 9.76. The fraction of sp³-hybridized carbons (Fsp3) is 0.545. The normalized spacial score (nSPS) is 12.6. The van der Waals surface area contributed by atoms with Gasteiger partial charge < -0.3 is 9.84 Å². The number of nitrogens with zero attached hydrogens (tertiary/aromatic N) is 1. The van der Waals surface area contributed by atoms with Crippen LogP contribution in [0.25, 0.3) is 0 Å². The van der Waals surface area contributed by atoms with Crippen LogP contribution in [0.15, 0.2) is 12.3 Å². The molecule has 0 fully saturated rings. The number of rotatable bonds is 3. The molecule has 0 aliphatic heterocycles. The maximum Gasteiger partial charge on any atom is 0.422 e. The fourth-order valence-corrected chi connectivity index (χ4v) is 1.41. The average molecular weight is 249 g/mol. The zero-order chi connectivity index (χ0) is 13.3. The Kier molecular flexibility index (Phi) is 3.66. The number of hydrogen-bond donors (Lipinski definition) is 1. The topological polar surface area (TPSA) is 42.4 Å². The molecule has 0 aromatic carbocycles. The summed E-state index contributed by atoms with van der Waals surface area (Å²) in [5.74, 6) is -0.104. The zero-order valence-electron chi connectivity index (χ0n) is 9.80. The largest absolute Gasteiger partial charge is 0.468 e. The predicted molar refractivity (Wildman–Crippen MR) is 55.8 cm³/mol. The highest BCUT2D eigenvalue weighted by Crippen LogP contribution is 2.25. The SMILES string of the molecule is Cc1cc(OCC(F)(F)F)ncc1C(C)(C)O. The van der Waals surface area contributed by atoms with Crippen LogP contribution in [-0.2, 0) is 5.60 Å². The maximum absolute atomic E-state index is 11.9. The summed E-state index contributed by atoms with van der Waals surface area (Å²) in [7, 11) is 0. The Morgan fingerprint density at radius 1 is 1.35 bits per heavy atom. The van der Waals surface area contributed by atoms with Crippen molar-refractivity contribution in [2.24, 2.45) is 0 Å². The number of aliphatic hydroxyl groups is 1. The van der Waals surface area contributed by atoms with E-state index in [1.807, 2.05) is 0 Å². The minimum absolute atomic E-state index is 0.104. The predicted octanol–water partition coefficient (Wildman–Crippen LogP) is 2.56. The molecule has 0 atom stereocenters. The molecule has 1 N–H and O–H groups in total. The van der Waals surface area contributed by atoms with Crippen LogP contribution in [0.3, 0.4) is 0 Å². The quantitative estimate of drug-likeness (QED) is 0.895. The lowest BCUT2D eigenvalue weighted by Gasteiger charge is -2.20. The summed E-state index contributed by atoms with van der Waals surface area (Å²) >= 11 is 0. The molecule has 0 saturated heterocycles. The van der Waals surface area contributed by atoms with Crippen molar-refractivity contribution >= 4 is 0 Å². The smallest absolute Gasteiger partial charge is 0.422 e. The van der Waals surface area contributed by atoms with Crippen LogP contribution in [0.5, 0.6) is 5.88 Å². The molecule has 0 aliphatic rings. The Bertz CT molecular complexity index is 397. The van der Waals surface area contributed by atoms with Gasteiger partial charge in [-0.1, -0.05) is 0 Å².